The fraction of sp³-hybridized carbons (Fsp3) is 0.657. The maximum Gasteiger partial charge on any atom is 0.407 e. The van der Waals surface area contributed by atoms with Gasteiger partial charge in [0, 0.05) is 25.0 Å². The number of alkyl carbamates (subject to hydrolysis) is 1. The summed E-state index contributed by atoms with van der Waals surface area (Å²) in [6.45, 7) is 14.1. The number of hydrogen-bond acceptors (Lipinski definition) is 6. The van der Waals surface area contributed by atoms with Crippen LogP contribution in [0.2, 0.25) is 0 Å². The molecule has 45 heavy (non-hydrogen) atoms. The number of ether oxygens (including phenoxy) is 1. The molecular weight excluding hydrogens is 572 g/mol. The first-order valence-electron chi connectivity index (χ1n) is 16.6. The maximum atomic E-state index is 13.8. The first kappa shape index (κ1) is 37.8. The molecule has 1 fully saturated rings. The summed E-state index contributed by atoms with van der Waals surface area (Å²) < 4.78 is 5.03. The second-order valence-electron chi connectivity index (χ2n) is 13.1. The summed E-state index contributed by atoms with van der Waals surface area (Å²) in [6, 6.07) is 6.79. The number of aliphatic hydroxyl groups excluding tert-OH is 1. The van der Waals surface area contributed by atoms with Gasteiger partial charge in [-0.05, 0) is 43.1 Å². The van der Waals surface area contributed by atoms with E-state index in [1.165, 1.54) is 6.42 Å². The molecule has 1 aliphatic rings. The standard InChI is InChI=1S/C35H56N4O6/c1-7-45-35(44)39-30(21-27-16-12-9-13-17-27)34(43)38-29(18-23(2)3)33(42)37-28(20-26-14-10-8-11-15-26)31(40)19-25(6)32(41)36-22-24(4)5/h9,12-13,16-17,23-24,26,28-31,40H,6-8,10-11,14-15,18-22H2,1-5H3,(H,36,41)(H,37,42)(H,38,43)(H,39,44)/t28-,29-,30-,31-/m0/s1. The minimum Gasteiger partial charge on any atom is -0.450 e. The Morgan fingerprint density at radius 2 is 1.56 bits per heavy atom. The van der Waals surface area contributed by atoms with Crippen LogP contribution in [-0.4, -0.2) is 66.3 Å². The fourth-order valence-electron chi connectivity index (χ4n) is 5.64. The van der Waals surface area contributed by atoms with Crippen LogP contribution in [0.4, 0.5) is 4.79 Å². The van der Waals surface area contributed by atoms with E-state index >= 15 is 0 Å². The molecule has 252 valence electrons. The van der Waals surface area contributed by atoms with Crippen LogP contribution in [0.25, 0.3) is 0 Å². The van der Waals surface area contributed by atoms with Crippen molar-refractivity contribution in [3.8, 4) is 0 Å². The van der Waals surface area contributed by atoms with Gasteiger partial charge in [-0.3, -0.25) is 14.4 Å². The van der Waals surface area contributed by atoms with Gasteiger partial charge in [0.1, 0.15) is 12.1 Å². The maximum absolute atomic E-state index is 13.8. The van der Waals surface area contributed by atoms with Crippen molar-refractivity contribution >= 4 is 23.8 Å². The second-order valence-corrected chi connectivity index (χ2v) is 13.1. The molecule has 0 radical (unpaired) electrons. The molecule has 0 saturated heterocycles. The highest BCUT2D eigenvalue weighted by molar-refractivity contribution is 5.93. The van der Waals surface area contributed by atoms with E-state index in [-0.39, 0.29) is 42.8 Å². The minimum absolute atomic E-state index is 0.0193. The van der Waals surface area contributed by atoms with Gasteiger partial charge in [0.25, 0.3) is 0 Å². The van der Waals surface area contributed by atoms with E-state index in [1.54, 1.807) is 6.92 Å². The van der Waals surface area contributed by atoms with Gasteiger partial charge >= 0.3 is 6.09 Å². The third kappa shape index (κ3) is 14.5. The summed E-state index contributed by atoms with van der Waals surface area (Å²) in [5.41, 5.74) is 1.10. The summed E-state index contributed by atoms with van der Waals surface area (Å²) >= 11 is 0. The zero-order valence-corrected chi connectivity index (χ0v) is 27.9. The van der Waals surface area contributed by atoms with Crippen LogP contribution in [0.5, 0.6) is 0 Å². The lowest BCUT2D eigenvalue weighted by molar-refractivity contribution is -0.131. The number of carbonyl (C=O) groups is 4. The number of carbonyl (C=O) groups excluding carboxylic acids is 4. The van der Waals surface area contributed by atoms with E-state index in [1.807, 2.05) is 58.0 Å². The molecule has 1 aliphatic carbocycles. The zero-order valence-electron chi connectivity index (χ0n) is 27.9. The Balaban J connectivity index is 2.22. The van der Waals surface area contributed by atoms with E-state index in [0.717, 1.165) is 31.2 Å². The largest absolute Gasteiger partial charge is 0.450 e. The Bertz CT molecular complexity index is 1090. The first-order chi connectivity index (χ1) is 21.4. The number of benzene rings is 1. The minimum atomic E-state index is -1.03. The molecule has 0 bridgehead atoms. The van der Waals surface area contributed by atoms with Gasteiger partial charge in [-0.1, -0.05) is 96.7 Å². The second kappa shape index (κ2) is 19.9. The molecule has 10 heteroatoms. The highest BCUT2D eigenvalue weighted by Crippen LogP contribution is 2.29. The number of aliphatic hydroxyl groups is 1. The Morgan fingerprint density at radius 1 is 0.911 bits per heavy atom. The molecule has 0 aromatic heterocycles. The Kier molecular flexibility index (Phi) is 16.7. The predicted octanol–water partition coefficient (Wildman–Crippen LogP) is 4.41. The van der Waals surface area contributed by atoms with Gasteiger partial charge in [-0.25, -0.2) is 4.79 Å². The van der Waals surface area contributed by atoms with Crippen molar-refractivity contribution in [3.05, 3.63) is 48.0 Å². The monoisotopic (exact) mass is 628 g/mol. The average Bonchev–Trinajstić information content (AvgIpc) is 2.99. The van der Waals surface area contributed by atoms with E-state index in [9.17, 15) is 24.3 Å². The fourth-order valence-corrected chi connectivity index (χ4v) is 5.64. The van der Waals surface area contributed by atoms with Crippen LogP contribution in [0.3, 0.4) is 0 Å². The molecule has 4 amide bonds. The molecule has 0 unspecified atom stereocenters. The lowest BCUT2D eigenvalue weighted by atomic mass is 9.83. The zero-order chi connectivity index (χ0) is 33.4. The summed E-state index contributed by atoms with van der Waals surface area (Å²) in [5, 5.41) is 22.7. The quantitative estimate of drug-likeness (QED) is 0.152. The van der Waals surface area contributed by atoms with Crippen molar-refractivity contribution in [2.75, 3.05) is 13.2 Å². The Labute approximate surface area is 269 Å². The van der Waals surface area contributed by atoms with Crippen LogP contribution in [0.1, 0.15) is 91.5 Å². The van der Waals surface area contributed by atoms with Crippen molar-refractivity contribution in [3.63, 3.8) is 0 Å². The van der Waals surface area contributed by atoms with Gasteiger partial charge < -0.3 is 31.1 Å². The van der Waals surface area contributed by atoms with E-state index < -0.39 is 42.1 Å². The van der Waals surface area contributed by atoms with Crippen molar-refractivity contribution in [2.24, 2.45) is 17.8 Å². The molecular formula is C35H56N4O6. The van der Waals surface area contributed by atoms with Crippen LogP contribution in [-0.2, 0) is 25.5 Å². The van der Waals surface area contributed by atoms with Crippen molar-refractivity contribution in [1.82, 2.24) is 21.3 Å². The van der Waals surface area contributed by atoms with Crippen molar-refractivity contribution < 1.29 is 29.0 Å². The highest BCUT2D eigenvalue weighted by atomic mass is 16.5. The van der Waals surface area contributed by atoms with Crippen LogP contribution in [0, 0.1) is 17.8 Å². The summed E-state index contributed by atoms with van der Waals surface area (Å²) in [6.07, 6.45) is 4.83. The summed E-state index contributed by atoms with van der Waals surface area (Å²) in [5.74, 6) is -0.553. The SMILES string of the molecule is C=C(C[C@H](O)[C@H](CC1CCCCC1)NC(=O)[C@H](CC(C)C)NC(=O)[C@H](Cc1ccccc1)NC(=O)OCC)C(=O)NCC(C)C. The number of nitrogens with one attached hydrogen (secondary N) is 4. The molecule has 1 aromatic rings. The number of hydrogen-bond donors (Lipinski definition) is 5. The first-order valence-corrected chi connectivity index (χ1v) is 16.6. The van der Waals surface area contributed by atoms with E-state index in [0.29, 0.717) is 25.3 Å². The molecule has 1 aromatic carbocycles. The summed E-state index contributed by atoms with van der Waals surface area (Å²) in [4.78, 5) is 52.3. The van der Waals surface area contributed by atoms with Gasteiger partial charge in [0.05, 0.1) is 18.8 Å². The molecule has 1 saturated carbocycles. The van der Waals surface area contributed by atoms with E-state index in [4.69, 9.17) is 4.74 Å². The van der Waals surface area contributed by atoms with Crippen LogP contribution < -0.4 is 21.3 Å². The highest BCUT2D eigenvalue weighted by Gasteiger charge is 2.32. The van der Waals surface area contributed by atoms with Crippen LogP contribution in [0.15, 0.2) is 42.5 Å². The van der Waals surface area contributed by atoms with Crippen molar-refractivity contribution in [2.45, 2.75) is 117 Å². The van der Waals surface area contributed by atoms with Crippen molar-refractivity contribution in [1.29, 1.82) is 0 Å². The van der Waals surface area contributed by atoms with Crippen LogP contribution >= 0.6 is 0 Å². The third-order valence-electron chi connectivity index (χ3n) is 8.06. The summed E-state index contributed by atoms with van der Waals surface area (Å²) in [7, 11) is 0. The molecule has 2 rings (SSSR count). The van der Waals surface area contributed by atoms with Gasteiger partial charge in [0.2, 0.25) is 17.7 Å². The lowest BCUT2D eigenvalue weighted by Gasteiger charge is -2.32. The molecule has 10 nitrogen and oxygen atoms in total. The van der Waals surface area contributed by atoms with Gasteiger partial charge in [-0.2, -0.15) is 0 Å². The number of rotatable bonds is 18. The Hall–Kier alpha value is -3.40. The molecule has 4 atom stereocenters. The number of amides is 4. The molecule has 0 heterocycles. The molecule has 0 aliphatic heterocycles. The smallest absolute Gasteiger partial charge is 0.407 e. The van der Waals surface area contributed by atoms with Gasteiger partial charge in [-0.15, -0.1) is 0 Å². The Morgan fingerprint density at radius 3 is 2.16 bits per heavy atom. The average molecular weight is 629 g/mol. The molecule has 0 spiro atoms. The molecule has 5 N–H and O–H groups in total. The van der Waals surface area contributed by atoms with E-state index in [2.05, 4.69) is 27.8 Å². The normalized spacial score (nSPS) is 16.3. The topological polar surface area (TPSA) is 146 Å². The van der Waals surface area contributed by atoms with Gasteiger partial charge in [0.15, 0.2) is 0 Å². The third-order valence-corrected chi connectivity index (χ3v) is 8.06. The predicted molar refractivity (Wildman–Crippen MR) is 176 cm³/mol. The lowest BCUT2D eigenvalue weighted by Crippen LogP contribution is -2.57.